The molecule has 0 saturated carbocycles. The van der Waals surface area contributed by atoms with Gasteiger partial charge in [-0.15, -0.1) is 0 Å². The predicted molar refractivity (Wildman–Crippen MR) is 110 cm³/mol. The Bertz CT molecular complexity index is 600. The highest BCUT2D eigenvalue weighted by atomic mass is 16.5. The Labute approximate surface area is 164 Å². The van der Waals surface area contributed by atoms with E-state index in [0.29, 0.717) is 6.54 Å². The lowest BCUT2D eigenvalue weighted by atomic mass is 10.1. The summed E-state index contributed by atoms with van der Waals surface area (Å²) in [6.07, 6.45) is -0.513. The number of hydrogen-bond acceptors (Lipinski definition) is 6. The van der Waals surface area contributed by atoms with E-state index >= 15 is 0 Å². The van der Waals surface area contributed by atoms with E-state index in [4.69, 9.17) is 9.47 Å². The summed E-state index contributed by atoms with van der Waals surface area (Å²) in [4.78, 5) is 6.79. The average Bonchev–Trinajstić information content (AvgIpc) is 2.62. The number of ether oxygens (including phenoxy) is 2. The van der Waals surface area contributed by atoms with Gasteiger partial charge < -0.3 is 19.5 Å². The van der Waals surface area contributed by atoms with E-state index in [2.05, 4.69) is 35.4 Å². The van der Waals surface area contributed by atoms with Crippen molar-refractivity contribution in [3.05, 3.63) is 35.9 Å². The molecule has 6 heteroatoms. The third-order valence-electron chi connectivity index (χ3n) is 4.75. The van der Waals surface area contributed by atoms with Gasteiger partial charge in [-0.3, -0.25) is 9.80 Å². The van der Waals surface area contributed by atoms with Gasteiger partial charge in [0.1, 0.15) is 24.2 Å². The molecule has 1 fully saturated rings. The van der Waals surface area contributed by atoms with Crippen molar-refractivity contribution < 1.29 is 14.6 Å². The molecule has 0 radical (unpaired) electrons. The minimum Gasteiger partial charge on any atom is -0.497 e. The van der Waals surface area contributed by atoms with Crippen molar-refractivity contribution in [1.82, 2.24) is 14.7 Å². The lowest BCUT2D eigenvalue weighted by Gasteiger charge is -2.33. The number of methoxy groups -OCH3 is 1. The van der Waals surface area contributed by atoms with Crippen LogP contribution in [0.25, 0.3) is 0 Å². The molecule has 1 saturated heterocycles. The first-order valence-electron chi connectivity index (χ1n) is 9.59. The molecule has 27 heavy (non-hydrogen) atoms. The lowest BCUT2D eigenvalue weighted by Crippen LogP contribution is -2.47. The van der Waals surface area contributed by atoms with Crippen LogP contribution in [0.2, 0.25) is 0 Å². The molecule has 0 bridgehead atoms. The van der Waals surface area contributed by atoms with Crippen LogP contribution in [0.1, 0.15) is 12.5 Å². The number of β-amino-alcohol motifs (C(OH)–C–C–N with tert-alkyl or cyclic N) is 1. The zero-order valence-corrected chi connectivity index (χ0v) is 17.3. The molecule has 1 heterocycles. The molecule has 1 aliphatic heterocycles. The predicted octanol–water partition coefficient (Wildman–Crippen LogP) is 1.69. The third kappa shape index (κ3) is 7.50. The zero-order valence-electron chi connectivity index (χ0n) is 17.3. The highest BCUT2D eigenvalue weighted by molar-refractivity contribution is 5.40. The van der Waals surface area contributed by atoms with Gasteiger partial charge in [-0.05, 0) is 27.1 Å². The maximum absolute atomic E-state index is 10.4. The first kappa shape index (κ1) is 21.7. The van der Waals surface area contributed by atoms with E-state index in [9.17, 15) is 5.11 Å². The molecule has 1 aliphatic rings. The van der Waals surface area contributed by atoms with E-state index in [0.717, 1.165) is 61.9 Å². The Morgan fingerprint density at radius 2 is 2.00 bits per heavy atom. The van der Waals surface area contributed by atoms with Crippen molar-refractivity contribution in [2.24, 2.45) is 0 Å². The Balaban J connectivity index is 1.93. The summed E-state index contributed by atoms with van der Waals surface area (Å²) < 4.78 is 11.3. The zero-order chi connectivity index (χ0) is 19.8. The largest absolute Gasteiger partial charge is 0.497 e. The number of piperazine rings is 1. The summed E-state index contributed by atoms with van der Waals surface area (Å²) in [7, 11) is 5.84. The second kappa shape index (κ2) is 10.7. The number of aliphatic hydroxyl groups excluding tert-OH is 1. The van der Waals surface area contributed by atoms with Crippen LogP contribution >= 0.6 is 0 Å². The molecule has 0 spiro atoms. The van der Waals surface area contributed by atoms with Crippen molar-refractivity contribution in [3.8, 4) is 11.5 Å². The Kier molecular flexibility index (Phi) is 8.57. The van der Waals surface area contributed by atoms with E-state index in [1.54, 1.807) is 7.11 Å². The minimum atomic E-state index is -0.513. The summed E-state index contributed by atoms with van der Waals surface area (Å²) in [6.45, 7) is 12.6. The molecule has 2 rings (SSSR count). The number of rotatable bonds is 10. The van der Waals surface area contributed by atoms with E-state index < -0.39 is 6.10 Å². The van der Waals surface area contributed by atoms with Gasteiger partial charge in [0.25, 0.3) is 0 Å². The van der Waals surface area contributed by atoms with Crippen LogP contribution in [0, 0.1) is 0 Å². The van der Waals surface area contributed by atoms with Crippen LogP contribution in [0.3, 0.4) is 0 Å². The first-order chi connectivity index (χ1) is 12.9. The van der Waals surface area contributed by atoms with Crippen LogP contribution in [0.5, 0.6) is 11.5 Å². The topological polar surface area (TPSA) is 48.4 Å². The molecule has 6 nitrogen and oxygen atoms in total. The smallest absolute Gasteiger partial charge is 0.127 e. The van der Waals surface area contributed by atoms with Crippen LogP contribution < -0.4 is 9.47 Å². The Morgan fingerprint density at radius 1 is 1.30 bits per heavy atom. The van der Waals surface area contributed by atoms with Gasteiger partial charge in [-0.2, -0.15) is 0 Å². The fourth-order valence-electron chi connectivity index (χ4n) is 3.30. The van der Waals surface area contributed by atoms with Gasteiger partial charge in [0.05, 0.1) is 7.11 Å². The third-order valence-corrected chi connectivity index (χ3v) is 4.75. The molecule has 0 aromatic heterocycles. The number of hydrogen-bond donors (Lipinski definition) is 1. The van der Waals surface area contributed by atoms with Gasteiger partial charge >= 0.3 is 0 Å². The Morgan fingerprint density at radius 3 is 2.63 bits per heavy atom. The van der Waals surface area contributed by atoms with Crippen LogP contribution in [-0.2, 0) is 6.54 Å². The van der Waals surface area contributed by atoms with Gasteiger partial charge in [-0.25, -0.2) is 0 Å². The minimum absolute atomic E-state index is 0.275. The van der Waals surface area contributed by atoms with Crippen molar-refractivity contribution in [2.45, 2.75) is 19.6 Å². The van der Waals surface area contributed by atoms with E-state index in [1.807, 2.05) is 25.1 Å². The summed E-state index contributed by atoms with van der Waals surface area (Å²) in [5.74, 6) is 1.52. The first-order valence-corrected chi connectivity index (χ1v) is 9.59. The summed E-state index contributed by atoms with van der Waals surface area (Å²) in [5.41, 5.74) is 2.20. The monoisotopic (exact) mass is 377 g/mol. The van der Waals surface area contributed by atoms with E-state index in [-0.39, 0.29) is 6.61 Å². The van der Waals surface area contributed by atoms with Crippen LogP contribution in [0.15, 0.2) is 30.4 Å². The summed E-state index contributed by atoms with van der Waals surface area (Å²) in [5, 5.41) is 10.4. The highest BCUT2D eigenvalue weighted by Crippen LogP contribution is 2.26. The molecule has 1 unspecified atom stereocenters. The molecule has 0 amide bonds. The van der Waals surface area contributed by atoms with Crippen LogP contribution in [0.4, 0.5) is 0 Å². The Hall–Kier alpha value is -1.60. The summed E-state index contributed by atoms with van der Waals surface area (Å²) in [6, 6.07) is 5.86. The molecule has 1 aromatic carbocycles. The van der Waals surface area contributed by atoms with Crippen molar-refractivity contribution in [2.75, 3.05) is 67.1 Å². The second-order valence-electron chi connectivity index (χ2n) is 7.67. The maximum atomic E-state index is 10.4. The van der Waals surface area contributed by atoms with Crippen molar-refractivity contribution >= 4 is 0 Å². The van der Waals surface area contributed by atoms with Crippen molar-refractivity contribution in [1.29, 1.82) is 0 Å². The van der Waals surface area contributed by atoms with Crippen LogP contribution in [-0.4, -0.2) is 93.0 Å². The second-order valence-corrected chi connectivity index (χ2v) is 7.67. The fourth-order valence-corrected chi connectivity index (χ4v) is 3.30. The number of benzene rings is 1. The molecular weight excluding hydrogens is 342 g/mol. The lowest BCUT2D eigenvalue weighted by molar-refractivity contribution is 0.0500. The van der Waals surface area contributed by atoms with Crippen molar-refractivity contribution in [3.63, 3.8) is 0 Å². The normalized spacial score (nSPS) is 17.1. The maximum Gasteiger partial charge on any atom is 0.127 e. The SMILES string of the molecule is C=C(C)CN(C)Cc1ccc(OC)cc1OCC(O)CN1CCN(C)CC1. The summed E-state index contributed by atoms with van der Waals surface area (Å²) >= 11 is 0. The molecule has 152 valence electrons. The van der Waals surface area contributed by atoms with Gasteiger partial charge in [0.2, 0.25) is 0 Å². The standard InChI is InChI=1S/C21H35N3O3/c1-17(2)13-23(4)14-18-6-7-20(26-5)12-21(18)27-16-19(25)15-24-10-8-22(3)9-11-24/h6-7,12,19,25H,1,8-11,13-16H2,2-5H3. The van der Waals surface area contributed by atoms with Gasteiger partial charge in [-0.1, -0.05) is 18.2 Å². The fraction of sp³-hybridized carbons (Fsp3) is 0.619. The number of nitrogens with zero attached hydrogens (tertiary/aromatic N) is 3. The number of likely N-dealkylation sites (N-methyl/N-ethyl adjacent to an activating group) is 2. The molecule has 1 aromatic rings. The molecule has 1 atom stereocenters. The quantitative estimate of drug-likeness (QED) is 0.626. The number of aliphatic hydroxyl groups is 1. The molecule has 1 N–H and O–H groups in total. The molecular formula is C21H35N3O3. The molecule has 0 aliphatic carbocycles. The van der Waals surface area contributed by atoms with Gasteiger partial charge in [0, 0.05) is 57.4 Å². The van der Waals surface area contributed by atoms with Gasteiger partial charge in [0.15, 0.2) is 0 Å². The average molecular weight is 378 g/mol. The van der Waals surface area contributed by atoms with E-state index in [1.165, 1.54) is 0 Å². The highest BCUT2D eigenvalue weighted by Gasteiger charge is 2.18.